The van der Waals surface area contributed by atoms with Gasteiger partial charge in [-0.05, 0) is 70.6 Å². The zero-order chi connectivity index (χ0) is 44.2. The Morgan fingerprint density at radius 2 is 0.738 bits per heavy atom. The minimum Gasteiger partial charge on any atom is -0.394 e. The first-order chi connectivity index (χ1) is 30.2. The van der Waals surface area contributed by atoms with Gasteiger partial charge in [-0.1, -0.05) is 260 Å². The van der Waals surface area contributed by atoms with Crippen LogP contribution in [0.25, 0.3) is 0 Å². The van der Waals surface area contributed by atoms with Gasteiger partial charge < -0.3 is 15.5 Å². The maximum atomic E-state index is 12.5. The Morgan fingerprint density at radius 3 is 1.15 bits per heavy atom. The van der Waals surface area contributed by atoms with Crippen molar-refractivity contribution in [3.8, 4) is 0 Å². The molecule has 0 radical (unpaired) electrons. The predicted molar refractivity (Wildman–Crippen MR) is 271 cm³/mol. The highest BCUT2D eigenvalue weighted by Gasteiger charge is 2.17. The fourth-order valence-corrected chi connectivity index (χ4v) is 7.89. The number of hydrogen-bond acceptors (Lipinski definition) is 3. The number of rotatable bonds is 48. The quantitative estimate of drug-likeness (QED) is 0.0422. The Morgan fingerprint density at radius 1 is 0.410 bits per heavy atom. The minimum absolute atomic E-state index is 0.0747. The van der Waals surface area contributed by atoms with Gasteiger partial charge in [-0.15, -0.1) is 0 Å². The number of nitrogens with one attached hydrogen (secondary N) is 1. The van der Waals surface area contributed by atoms with Crippen LogP contribution in [0.3, 0.4) is 0 Å². The topological polar surface area (TPSA) is 69.6 Å². The van der Waals surface area contributed by atoms with E-state index in [1.54, 1.807) is 6.08 Å². The molecule has 0 rings (SSSR count). The first kappa shape index (κ1) is 58.8. The van der Waals surface area contributed by atoms with E-state index < -0.39 is 12.1 Å². The molecule has 0 aliphatic rings. The highest BCUT2D eigenvalue weighted by Crippen LogP contribution is 2.16. The molecule has 0 saturated carbocycles. The lowest BCUT2D eigenvalue weighted by atomic mass is 10.0. The molecule has 0 heterocycles. The van der Waals surface area contributed by atoms with Crippen LogP contribution in [0.15, 0.2) is 72.9 Å². The van der Waals surface area contributed by atoms with Crippen LogP contribution in [0.2, 0.25) is 0 Å². The number of aliphatic hydroxyl groups excluding tert-OH is 2. The van der Waals surface area contributed by atoms with Crippen molar-refractivity contribution in [2.24, 2.45) is 0 Å². The van der Waals surface area contributed by atoms with Crippen LogP contribution >= 0.6 is 0 Å². The highest BCUT2D eigenvalue weighted by molar-refractivity contribution is 5.76. The first-order valence-corrected chi connectivity index (χ1v) is 26.7. The minimum atomic E-state index is -0.866. The van der Waals surface area contributed by atoms with E-state index in [-0.39, 0.29) is 12.5 Å². The Labute approximate surface area is 380 Å². The van der Waals surface area contributed by atoms with E-state index >= 15 is 0 Å². The van der Waals surface area contributed by atoms with Crippen LogP contribution in [-0.2, 0) is 4.79 Å². The summed E-state index contributed by atoms with van der Waals surface area (Å²) in [5, 5.41) is 23.1. The summed E-state index contributed by atoms with van der Waals surface area (Å²) in [4.78, 5) is 12.5. The Bertz CT molecular complexity index is 1050. The smallest absolute Gasteiger partial charge is 0.220 e. The fourth-order valence-electron chi connectivity index (χ4n) is 7.89. The number of unbranched alkanes of at least 4 members (excludes halogenated alkanes) is 31. The van der Waals surface area contributed by atoms with Crippen LogP contribution in [0, 0.1) is 0 Å². The average molecular weight is 850 g/mol. The molecule has 0 aliphatic carbocycles. The van der Waals surface area contributed by atoms with E-state index in [1.807, 2.05) is 6.08 Å². The predicted octanol–water partition coefficient (Wildman–Crippen LogP) is 17.4. The normalized spacial score (nSPS) is 13.4. The summed E-state index contributed by atoms with van der Waals surface area (Å²) in [5.41, 5.74) is 0. The Balaban J connectivity index is 3.55. The molecule has 4 nitrogen and oxygen atoms in total. The van der Waals surface area contributed by atoms with E-state index in [9.17, 15) is 15.0 Å². The number of hydrogen-bond donors (Lipinski definition) is 3. The molecule has 1 amide bonds. The molecule has 0 bridgehead atoms. The van der Waals surface area contributed by atoms with Gasteiger partial charge in [0, 0.05) is 6.42 Å². The van der Waals surface area contributed by atoms with Crippen molar-refractivity contribution in [3.05, 3.63) is 72.9 Å². The maximum absolute atomic E-state index is 12.5. The van der Waals surface area contributed by atoms with Crippen molar-refractivity contribution < 1.29 is 15.0 Å². The summed E-state index contributed by atoms with van der Waals surface area (Å²) in [6, 6.07) is -0.643. The van der Waals surface area contributed by atoms with Crippen LogP contribution in [-0.4, -0.2) is 34.9 Å². The molecule has 0 saturated heterocycles. The number of amides is 1. The van der Waals surface area contributed by atoms with Gasteiger partial charge in [0.15, 0.2) is 0 Å². The van der Waals surface area contributed by atoms with E-state index in [4.69, 9.17) is 0 Å². The SMILES string of the molecule is CC/C=C\C/C=C\C/C=C\C/C=C\CCCCCCCCCCCCCCCCC(=O)NC(CO)C(O)/C=C/CC/C=C/CCCCCCCCCCCCCCCCCC. The molecule has 61 heavy (non-hydrogen) atoms. The fraction of sp³-hybridized carbons (Fsp3) is 0.772. The van der Waals surface area contributed by atoms with Gasteiger partial charge in [-0.2, -0.15) is 0 Å². The lowest BCUT2D eigenvalue weighted by molar-refractivity contribution is -0.123. The molecule has 0 aliphatic heterocycles. The van der Waals surface area contributed by atoms with Crippen LogP contribution < -0.4 is 5.32 Å². The Hall–Kier alpha value is -2.17. The molecular weight excluding hydrogens is 747 g/mol. The first-order valence-electron chi connectivity index (χ1n) is 26.7. The second-order valence-electron chi connectivity index (χ2n) is 17.9. The molecule has 4 heteroatoms. The molecule has 2 unspecified atom stereocenters. The van der Waals surface area contributed by atoms with Crippen LogP contribution in [0.5, 0.6) is 0 Å². The third-order valence-electron chi connectivity index (χ3n) is 11.9. The van der Waals surface area contributed by atoms with Crippen LogP contribution in [0.4, 0.5) is 0 Å². The highest BCUT2D eigenvalue weighted by atomic mass is 16.3. The number of carbonyl (C=O) groups is 1. The van der Waals surface area contributed by atoms with Crippen molar-refractivity contribution in [2.75, 3.05) is 6.61 Å². The lowest BCUT2D eigenvalue weighted by Crippen LogP contribution is -2.45. The molecule has 3 N–H and O–H groups in total. The molecule has 2 atom stereocenters. The van der Waals surface area contributed by atoms with Crippen molar-refractivity contribution in [3.63, 3.8) is 0 Å². The van der Waals surface area contributed by atoms with Crippen molar-refractivity contribution in [1.82, 2.24) is 5.32 Å². The van der Waals surface area contributed by atoms with Gasteiger partial charge in [-0.3, -0.25) is 4.79 Å². The van der Waals surface area contributed by atoms with Gasteiger partial charge >= 0.3 is 0 Å². The van der Waals surface area contributed by atoms with Gasteiger partial charge in [0.1, 0.15) is 0 Å². The maximum Gasteiger partial charge on any atom is 0.220 e. The summed E-state index contributed by atoms with van der Waals surface area (Å²) in [6.07, 6.45) is 74.8. The van der Waals surface area contributed by atoms with Crippen molar-refractivity contribution in [1.29, 1.82) is 0 Å². The third-order valence-corrected chi connectivity index (χ3v) is 11.9. The van der Waals surface area contributed by atoms with Crippen molar-refractivity contribution in [2.45, 2.75) is 276 Å². The van der Waals surface area contributed by atoms with Gasteiger partial charge in [0.05, 0.1) is 18.8 Å². The molecule has 0 aromatic carbocycles. The summed E-state index contributed by atoms with van der Waals surface area (Å²) >= 11 is 0. The second kappa shape index (κ2) is 52.2. The van der Waals surface area contributed by atoms with Crippen molar-refractivity contribution >= 4 is 5.91 Å². The van der Waals surface area contributed by atoms with E-state index in [2.05, 4.69) is 79.9 Å². The van der Waals surface area contributed by atoms with Crippen LogP contribution in [0.1, 0.15) is 264 Å². The number of aliphatic hydroxyl groups is 2. The summed E-state index contributed by atoms with van der Waals surface area (Å²) < 4.78 is 0. The number of allylic oxidation sites excluding steroid dienone is 11. The molecule has 0 fully saturated rings. The second-order valence-corrected chi connectivity index (χ2v) is 17.9. The lowest BCUT2D eigenvalue weighted by Gasteiger charge is -2.19. The monoisotopic (exact) mass is 850 g/mol. The molecule has 0 aromatic heterocycles. The van der Waals surface area contributed by atoms with Gasteiger partial charge in [-0.25, -0.2) is 0 Å². The molecular formula is C57H103NO3. The summed E-state index contributed by atoms with van der Waals surface area (Å²) in [7, 11) is 0. The molecule has 0 spiro atoms. The summed E-state index contributed by atoms with van der Waals surface area (Å²) in [6.45, 7) is 4.20. The number of carbonyl (C=O) groups excluding carboxylic acids is 1. The Kier molecular flexibility index (Phi) is 50.3. The molecule has 0 aromatic rings. The molecule has 354 valence electrons. The largest absolute Gasteiger partial charge is 0.394 e. The third kappa shape index (κ3) is 48.7. The zero-order valence-corrected chi connectivity index (χ0v) is 40.7. The zero-order valence-electron chi connectivity index (χ0n) is 40.7. The van der Waals surface area contributed by atoms with E-state index in [0.29, 0.717) is 6.42 Å². The standard InChI is InChI=1S/C57H103NO3/c1-3-5-7-9-11-13-15-17-19-21-23-25-27-28-29-30-31-33-35-37-39-41-43-45-47-49-51-53-57(61)58-55(54-59)56(60)52-50-48-46-44-42-40-38-36-34-32-26-24-22-20-18-16-14-12-10-8-6-4-2/h5,7,11,13,17,19,23,25,42,44,50,52,55-56,59-60H,3-4,6,8-10,12,14-16,18,20-22,24,26-41,43,45-49,51,53-54H2,1-2H3,(H,58,61)/b7-5-,13-11-,19-17-,25-23-,44-42+,52-50+. The van der Waals surface area contributed by atoms with E-state index in [1.165, 1.54) is 186 Å². The van der Waals surface area contributed by atoms with Gasteiger partial charge in [0.25, 0.3) is 0 Å². The van der Waals surface area contributed by atoms with E-state index in [0.717, 1.165) is 57.8 Å². The van der Waals surface area contributed by atoms with Gasteiger partial charge in [0.2, 0.25) is 5.91 Å². The summed E-state index contributed by atoms with van der Waals surface area (Å²) in [5.74, 6) is -0.0747. The average Bonchev–Trinajstić information content (AvgIpc) is 3.26.